The van der Waals surface area contributed by atoms with Gasteiger partial charge in [-0.05, 0) is 12.8 Å². The summed E-state index contributed by atoms with van der Waals surface area (Å²) in [4.78, 5) is 33.0. The second kappa shape index (κ2) is 10.5. The van der Waals surface area contributed by atoms with Crippen LogP contribution in [0.2, 0.25) is 0 Å². The van der Waals surface area contributed by atoms with Crippen molar-refractivity contribution >= 4 is 11.9 Å². The van der Waals surface area contributed by atoms with Crippen molar-refractivity contribution in [1.29, 1.82) is 0 Å². The minimum absolute atomic E-state index is 0. The predicted octanol–water partition coefficient (Wildman–Crippen LogP) is -1.76. The van der Waals surface area contributed by atoms with E-state index in [9.17, 15) is 19.8 Å². The van der Waals surface area contributed by atoms with Crippen molar-refractivity contribution < 1.29 is 36.9 Å². The largest absolute Gasteiger partial charge is 2.00 e. The number of aromatic amines is 2. The summed E-state index contributed by atoms with van der Waals surface area (Å²) in [5.74, 6) is -2.72. The van der Waals surface area contributed by atoms with Gasteiger partial charge in [-0.1, -0.05) is 12.1 Å². The second-order valence-corrected chi connectivity index (χ2v) is 4.31. The molecule has 0 aliphatic heterocycles. The molecule has 0 amide bonds. The fourth-order valence-electron chi connectivity index (χ4n) is 1.40. The fraction of sp³-hybridized carbons (Fsp3) is 0.333. The molecule has 2 atom stereocenters. The predicted molar refractivity (Wildman–Crippen MR) is 70.8 cm³/mol. The van der Waals surface area contributed by atoms with Crippen molar-refractivity contribution in [2.45, 2.75) is 24.9 Å². The van der Waals surface area contributed by atoms with E-state index in [1.54, 1.807) is 0 Å². The van der Waals surface area contributed by atoms with Gasteiger partial charge in [0.2, 0.25) is 0 Å². The number of rotatable bonds is 6. The number of hydrogen-bond acceptors (Lipinski definition) is 6. The molecule has 2 aromatic rings. The third kappa shape index (κ3) is 8.12. The quantitative estimate of drug-likeness (QED) is 0.567. The number of carboxylic acids is 2. The summed E-state index contributed by atoms with van der Waals surface area (Å²) in [5, 5.41) is 20.2. The van der Waals surface area contributed by atoms with Crippen LogP contribution in [0.15, 0.2) is 25.0 Å². The molecule has 0 spiro atoms. The Labute approximate surface area is 142 Å². The van der Waals surface area contributed by atoms with Crippen molar-refractivity contribution in [2.24, 2.45) is 0 Å². The van der Waals surface area contributed by atoms with Crippen LogP contribution in [0.4, 0.5) is 0 Å². The van der Waals surface area contributed by atoms with E-state index >= 15 is 0 Å². The van der Waals surface area contributed by atoms with E-state index in [0.717, 1.165) is 0 Å². The SMILES string of the molecule is [Cu+2].[NH-]C(Cc1cnc[nH]1)C(=O)[O-].[NH-]C(Cc1cnc[nH]1)C(=O)[O-]. The zero-order chi connectivity index (χ0) is 16.5. The van der Waals surface area contributed by atoms with Crippen LogP contribution in [0.5, 0.6) is 0 Å². The molecule has 2 heterocycles. The van der Waals surface area contributed by atoms with E-state index in [1.165, 1.54) is 25.0 Å². The summed E-state index contributed by atoms with van der Waals surface area (Å²) < 4.78 is 0. The Kier molecular flexibility index (Phi) is 9.51. The van der Waals surface area contributed by atoms with Crippen molar-refractivity contribution in [1.82, 2.24) is 19.9 Å². The topological polar surface area (TPSA) is 185 Å². The van der Waals surface area contributed by atoms with Gasteiger partial charge >= 0.3 is 17.1 Å². The first-order valence-electron chi connectivity index (χ1n) is 6.18. The number of hydrogen-bond donors (Lipinski definition) is 2. The molecular formula is C12H14CuN6O4-2. The summed E-state index contributed by atoms with van der Waals surface area (Å²) in [6.07, 6.45) is 6.09. The summed E-state index contributed by atoms with van der Waals surface area (Å²) >= 11 is 0. The first-order chi connectivity index (χ1) is 10.4. The van der Waals surface area contributed by atoms with E-state index in [1.807, 2.05) is 0 Å². The molecule has 0 fully saturated rings. The van der Waals surface area contributed by atoms with Crippen LogP contribution in [-0.2, 0) is 39.5 Å². The summed E-state index contributed by atoms with van der Waals surface area (Å²) in [5.41, 5.74) is 15.3. The van der Waals surface area contributed by atoms with Gasteiger partial charge < -0.3 is 41.2 Å². The normalized spacial score (nSPS) is 12.3. The maximum atomic E-state index is 10.1. The first-order valence-corrected chi connectivity index (χ1v) is 6.18. The number of nitrogens with one attached hydrogen (secondary N) is 4. The van der Waals surface area contributed by atoms with E-state index in [0.29, 0.717) is 11.4 Å². The molecule has 1 radical (unpaired) electrons. The van der Waals surface area contributed by atoms with Crippen LogP contribution < -0.4 is 10.2 Å². The maximum absolute atomic E-state index is 10.1. The van der Waals surface area contributed by atoms with Gasteiger partial charge in [-0.2, -0.15) is 0 Å². The number of carbonyl (C=O) groups excluding carboxylic acids is 2. The molecule has 23 heavy (non-hydrogen) atoms. The molecule has 0 bridgehead atoms. The molecule has 10 nitrogen and oxygen atoms in total. The van der Waals surface area contributed by atoms with Crippen LogP contribution in [0.1, 0.15) is 11.4 Å². The number of nitrogens with zero attached hydrogens (tertiary/aromatic N) is 2. The first kappa shape index (κ1) is 20.8. The molecule has 2 aromatic heterocycles. The van der Waals surface area contributed by atoms with Crippen molar-refractivity contribution in [3.63, 3.8) is 0 Å². The number of aliphatic carboxylic acids is 2. The van der Waals surface area contributed by atoms with Crippen LogP contribution in [-0.4, -0.2) is 44.0 Å². The minimum Gasteiger partial charge on any atom is -0.670 e. The Hall–Kier alpha value is -2.20. The number of H-pyrrole nitrogens is 2. The molecule has 0 aliphatic carbocycles. The van der Waals surface area contributed by atoms with Gasteiger partial charge in [0.15, 0.2) is 0 Å². The molecule has 11 heteroatoms. The summed E-state index contributed by atoms with van der Waals surface area (Å²) in [6, 6.07) is -2.43. The molecule has 0 aliphatic rings. The molecule has 0 saturated heterocycles. The molecule has 2 rings (SSSR count). The van der Waals surface area contributed by atoms with Gasteiger partial charge in [0.05, 0.1) is 12.7 Å². The number of aromatic nitrogens is 4. The average molecular weight is 370 g/mol. The molecule has 2 unspecified atom stereocenters. The monoisotopic (exact) mass is 369 g/mol. The van der Waals surface area contributed by atoms with Gasteiger partial charge in [0.25, 0.3) is 0 Å². The Morgan fingerprint density at radius 2 is 1.30 bits per heavy atom. The Bertz CT molecular complexity index is 522. The van der Waals surface area contributed by atoms with Crippen molar-refractivity contribution in [2.75, 3.05) is 0 Å². The van der Waals surface area contributed by atoms with Gasteiger partial charge in [0.1, 0.15) is 0 Å². The van der Waals surface area contributed by atoms with Crippen molar-refractivity contribution in [3.8, 4) is 0 Å². The van der Waals surface area contributed by atoms with E-state index in [2.05, 4.69) is 19.9 Å². The van der Waals surface area contributed by atoms with E-state index < -0.39 is 24.0 Å². The zero-order valence-corrected chi connectivity index (χ0v) is 12.6. The standard InChI is InChI=1S/2C6H8N3O2.Cu/c2*7-5(6(10)11)1-4-2-8-3-9-4;/h2*2-3,5,7H,1H2,(H,8,9)(H,10,11);/q2*-1;+2/p-2. The smallest absolute Gasteiger partial charge is 0.670 e. The third-order valence-corrected chi connectivity index (χ3v) is 2.53. The Balaban J connectivity index is 0.000000403. The van der Waals surface area contributed by atoms with E-state index in [4.69, 9.17) is 11.5 Å². The molecule has 0 saturated carbocycles. The fourth-order valence-corrected chi connectivity index (χ4v) is 1.40. The summed E-state index contributed by atoms with van der Waals surface area (Å²) in [7, 11) is 0. The van der Waals surface area contributed by atoms with Gasteiger partial charge in [0, 0.05) is 35.7 Å². The van der Waals surface area contributed by atoms with Crippen LogP contribution in [0.25, 0.3) is 11.5 Å². The number of carbonyl (C=O) groups is 2. The van der Waals surface area contributed by atoms with Crippen molar-refractivity contribution in [3.05, 3.63) is 47.9 Å². The third-order valence-electron chi connectivity index (χ3n) is 2.53. The van der Waals surface area contributed by atoms with Crippen LogP contribution >= 0.6 is 0 Å². The number of imidazole rings is 2. The van der Waals surface area contributed by atoms with E-state index in [-0.39, 0.29) is 29.9 Å². The van der Waals surface area contributed by atoms with Crippen LogP contribution in [0.3, 0.4) is 0 Å². The maximum Gasteiger partial charge on any atom is 2.00 e. The molecule has 129 valence electrons. The van der Waals surface area contributed by atoms with Gasteiger partial charge in [-0.25, -0.2) is 9.97 Å². The molecule has 4 N–H and O–H groups in total. The summed E-state index contributed by atoms with van der Waals surface area (Å²) in [6.45, 7) is 0. The Morgan fingerprint density at radius 3 is 1.52 bits per heavy atom. The minimum atomic E-state index is -1.36. The second-order valence-electron chi connectivity index (χ2n) is 4.31. The van der Waals surface area contributed by atoms with Gasteiger partial charge in [-0.15, -0.1) is 0 Å². The zero-order valence-electron chi connectivity index (χ0n) is 11.7. The Morgan fingerprint density at radius 1 is 0.957 bits per heavy atom. The molecule has 0 aromatic carbocycles. The molecular weight excluding hydrogens is 356 g/mol. The number of carboxylic acid groups (broad SMARTS) is 2. The van der Waals surface area contributed by atoms with Crippen LogP contribution in [0, 0.1) is 0 Å². The van der Waals surface area contributed by atoms with Gasteiger partial charge in [-0.3, -0.25) is 0 Å². The average Bonchev–Trinajstić information content (AvgIpc) is 3.12.